The largest absolute Gasteiger partial charge is 0.496 e. The standard InChI is InChI=1S/C16H16BrF2NO/c1-3-20-16(12-7-5-11(18)9-14(12)19)13-6-4-10(17)8-15(13)21-2/h4-9,16,20H,3H2,1-2H3. The smallest absolute Gasteiger partial charge is 0.131 e. The molecule has 0 amide bonds. The quantitative estimate of drug-likeness (QED) is 0.856. The Hall–Kier alpha value is -1.46. The topological polar surface area (TPSA) is 21.3 Å². The van der Waals surface area contributed by atoms with E-state index in [0.717, 1.165) is 16.1 Å². The lowest BCUT2D eigenvalue weighted by atomic mass is 9.97. The van der Waals surface area contributed by atoms with Crippen LogP contribution < -0.4 is 10.1 Å². The van der Waals surface area contributed by atoms with Gasteiger partial charge < -0.3 is 10.1 Å². The van der Waals surface area contributed by atoms with E-state index < -0.39 is 17.7 Å². The molecule has 0 saturated carbocycles. The number of ether oxygens (including phenoxy) is 1. The first kappa shape index (κ1) is 15.9. The molecule has 112 valence electrons. The third-order valence-electron chi connectivity index (χ3n) is 3.19. The normalized spacial score (nSPS) is 12.2. The van der Waals surface area contributed by atoms with E-state index in [1.54, 1.807) is 7.11 Å². The van der Waals surface area contributed by atoms with E-state index in [1.165, 1.54) is 12.1 Å². The van der Waals surface area contributed by atoms with E-state index in [-0.39, 0.29) is 0 Å². The molecule has 1 unspecified atom stereocenters. The third-order valence-corrected chi connectivity index (χ3v) is 3.68. The molecule has 2 aromatic rings. The third kappa shape index (κ3) is 3.60. The monoisotopic (exact) mass is 355 g/mol. The minimum absolute atomic E-state index is 0.388. The summed E-state index contributed by atoms with van der Waals surface area (Å²) in [4.78, 5) is 0. The fraction of sp³-hybridized carbons (Fsp3) is 0.250. The van der Waals surface area contributed by atoms with Gasteiger partial charge >= 0.3 is 0 Å². The summed E-state index contributed by atoms with van der Waals surface area (Å²) in [6.45, 7) is 2.57. The van der Waals surface area contributed by atoms with Gasteiger partial charge in [-0.25, -0.2) is 8.78 Å². The van der Waals surface area contributed by atoms with Gasteiger partial charge in [-0.1, -0.05) is 35.0 Å². The zero-order valence-electron chi connectivity index (χ0n) is 11.8. The van der Waals surface area contributed by atoms with Gasteiger partial charge in [0.15, 0.2) is 0 Å². The molecule has 1 N–H and O–H groups in total. The second kappa shape index (κ2) is 7.00. The summed E-state index contributed by atoms with van der Waals surface area (Å²) in [5.41, 5.74) is 1.19. The van der Waals surface area contributed by atoms with Crippen molar-refractivity contribution in [1.29, 1.82) is 0 Å². The molecule has 1 atom stereocenters. The average Bonchev–Trinajstić information content (AvgIpc) is 2.45. The molecule has 0 saturated heterocycles. The van der Waals surface area contributed by atoms with Gasteiger partial charge in [-0.3, -0.25) is 0 Å². The van der Waals surface area contributed by atoms with Crippen molar-refractivity contribution in [2.45, 2.75) is 13.0 Å². The molecule has 0 fully saturated rings. The number of hydrogen-bond donors (Lipinski definition) is 1. The van der Waals surface area contributed by atoms with E-state index in [2.05, 4.69) is 21.2 Å². The summed E-state index contributed by atoms with van der Waals surface area (Å²) in [5.74, 6) is -0.528. The number of halogens is 3. The first-order valence-corrected chi connectivity index (χ1v) is 7.38. The van der Waals surface area contributed by atoms with Gasteiger partial charge in [-0.05, 0) is 24.7 Å². The first-order chi connectivity index (χ1) is 10.1. The molecule has 0 radical (unpaired) electrons. The highest BCUT2D eigenvalue weighted by Gasteiger charge is 2.21. The summed E-state index contributed by atoms with van der Waals surface area (Å²) in [6.07, 6.45) is 0. The molecule has 2 aromatic carbocycles. The van der Waals surface area contributed by atoms with Crippen molar-refractivity contribution in [1.82, 2.24) is 5.32 Å². The van der Waals surface area contributed by atoms with Crippen LogP contribution in [0.3, 0.4) is 0 Å². The van der Waals surface area contributed by atoms with E-state index in [4.69, 9.17) is 4.74 Å². The number of hydrogen-bond acceptors (Lipinski definition) is 2. The molecule has 0 aliphatic heterocycles. The summed E-state index contributed by atoms with van der Waals surface area (Å²) in [5, 5.41) is 3.21. The maximum absolute atomic E-state index is 14.1. The minimum Gasteiger partial charge on any atom is -0.496 e. The number of methoxy groups -OCH3 is 1. The zero-order valence-corrected chi connectivity index (χ0v) is 13.4. The van der Waals surface area contributed by atoms with Gasteiger partial charge in [0.1, 0.15) is 17.4 Å². The van der Waals surface area contributed by atoms with Crippen LogP contribution in [0, 0.1) is 11.6 Å². The number of rotatable bonds is 5. The van der Waals surface area contributed by atoms with E-state index in [1.807, 2.05) is 25.1 Å². The Balaban J connectivity index is 2.53. The fourth-order valence-electron chi connectivity index (χ4n) is 2.25. The van der Waals surface area contributed by atoms with E-state index in [9.17, 15) is 8.78 Å². The van der Waals surface area contributed by atoms with Gasteiger partial charge in [0.05, 0.1) is 13.2 Å². The maximum atomic E-state index is 14.1. The van der Waals surface area contributed by atoms with Crippen molar-refractivity contribution in [3.05, 3.63) is 63.6 Å². The van der Waals surface area contributed by atoms with Crippen LogP contribution in [0.4, 0.5) is 8.78 Å². The van der Waals surface area contributed by atoms with Crippen molar-refractivity contribution in [2.75, 3.05) is 13.7 Å². The van der Waals surface area contributed by atoms with E-state index >= 15 is 0 Å². The number of benzene rings is 2. The van der Waals surface area contributed by atoms with Gasteiger partial charge in [-0.2, -0.15) is 0 Å². The highest BCUT2D eigenvalue weighted by atomic mass is 79.9. The van der Waals surface area contributed by atoms with Crippen LogP contribution in [0.1, 0.15) is 24.1 Å². The Morgan fingerprint density at radius 2 is 1.86 bits per heavy atom. The number of nitrogens with one attached hydrogen (secondary N) is 1. The Morgan fingerprint density at radius 3 is 2.48 bits per heavy atom. The molecule has 0 aliphatic carbocycles. The van der Waals surface area contributed by atoms with Gasteiger partial charge in [0, 0.05) is 21.7 Å². The Bertz CT molecular complexity index is 634. The van der Waals surface area contributed by atoms with Crippen LogP contribution in [0.5, 0.6) is 5.75 Å². The first-order valence-electron chi connectivity index (χ1n) is 6.58. The van der Waals surface area contributed by atoms with Crippen molar-refractivity contribution in [3.63, 3.8) is 0 Å². The van der Waals surface area contributed by atoms with Crippen LogP contribution in [0.25, 0.3) is 0 Å². The summed E-state index contributed by atoms with van der Waals surface area (Å²) in [7, 11) is 1.56. The van der Waals surface area contributed by atoms with Crippen LogP contribution in [-0.2, 0) is 0 Å². The molecule has 0 spiro atoms. The highest BCUT2D eigenvalue weighted by Crippen LogP contribution is 2.33. The SMILES string of the molecule is CCNC(c1ccc(F)cc1F)c1ccc(Br)cc1OC. The van der Waals surface area contributed by atoms with Crippen LogP contribution >= 0.6 is 15.9 Å². The van der Waals surface area contributed by atoms with Crippen molar-refractivity contribution >= 4 is 15.9 Å². The van der Waals surface area contributed by atoms with Gasteiger partial charge in [0.25, 0.3) is 0 Å². The second-order valence-corrected chi connectivity index (χ2v) is 5.46. The molecule has 0 heterocycles. The fourth-order valence-corrected chi connectivity index (χ4v) is 2.59. The molecule has 0 aliphatic rings. The predicted molar refractivity (Wildman–Crippen MR) is 82.6 cm³/mol. The van der Waals surface area contributed by atoms with Crippen molar-refractivity contribution < 1.29 is 13.5 Å². The molecule has 2 rings (SSSR count). The van der Waals surface area contributed by atoms with Gasteiger partial charge in [-0.15, -0.1) is 0 Å². The van der Waals surface area contributed by atoms with Crippen molar-refractivity contribution in [2.24, 2.45) is 0 Å². The van der Waals surface area contributed by atoms with Gasteiger partial charge in [0.2, 0.25) is 0 Å². The van der Waals surface area contributed by atoms with E-state index in [0.29, 0.717) is 17.9 Å². The van der Waals surface area contributed by atoms with Crippen LogP contribution in [0.2, 0.25) is 0 Å². The highest BCUT2D eigenvalue weighted by molar-refractivity contribution is 9.10. The molecule has 5 heteroatoms. The van der Waals surface area contributed by atoms with Crippen LogP contribution in [-0.4, -0.2) is 13.7 Å². The second-order valence-electron chi connectivity index (χ2n) is 4.54. The minimum atomic E-state index is -0.589. The van der Waals surface area contributed by atoms with Crippen LogP contribution in [0.15, 0.2) is 40.9 Å². The molecular weight excluding hydrogens is 340 g/mol. The lowest BCUT2D eigenvalue weighted by Gasteiger charge is -2.22. The molecular formula is C16H16BrF2NO. The summed E-state index contributed by atoms with van der Waals surface area (Å²) >= 11 is 3.38. The van der Waals surface area contributed by atoms with Crippen molar-refractivity contribution in [3.8, 4) is 5.75 Å². The molecule has 0 aromatic heterocycles. The Morgan fingerprint density at radius 1 is 1.14 bits per heavy atom. The summed E-state index contributed by atoms with van der Waals surface area (Å²) < 4.78 is 33.4. The molecule has 21 heavy (non-hydrogen) atoms. The molecule has 2 nitrogen and oxygen atoms in total. The Kier molecular flexibility index (Phi) is 5.31. The lowest BCUT2D eigenvalue weighted by molar-refractivity contribution is 0.403. The Labute approximate surface area is 131 Å². The lowest BCUT2D eigenvalue weighted by Crippen LogP contribution is -2.23. The summed E-state index contributed by atoms with van der Waals surface area (Å²) in [6, 6.07) is 8.75. The maximum Gasteiger partial charge on any atom is 0.131 e. The zero-order chi connectivity index (χ0) is 15.4. The molecule has 0 bridgehead atoms. The average molecular weight is 356 g/mol. The predicted octanol–water partition coefficient (Wildman–Crippen LogP) is 4.43.